The summed E-state index contributed by atoms with van der Waals surface area (Å²) in [6, 6.07) is 12.8. The first-order valence-electron chi connectivity index (χ1n) is 11.6. The second-order valence-corrected chi connectivity index (χ2v) is 9.10. The number of aryl methyl sites for hydroxylation is 1. The van der Waals surface area contributed by atoms with Crippen LogP contribution in [0.25, 0.3) is 21.9 Å². The molecule has 0 spiro atoms. The zero-order valence-corrected chi connectivity index (χ0v) is 18.1. The molecule has 7 nitrogen and oxygen atoms in total. The van der Waals surface area contributed by atoms with Gasteiger partial charge in [0.15, 0.2) is 0 Å². The average molecular weight is 429 g/mol. The van der Waals surface area contributed by atoms with Crippen molar-refractivity contribution in [1.29, 1.82) is 0 Å². The maximum absolute atomic E-state index is 6.38. The van der Waals surface area contributed by atoms with Gasteiger partial charge in [0, 0.05) is 18.1 Å². The number of ether oxygens (including phenoxy) is 1. The van der Waals surface area contributed by atoms with Crippen LogP contribution < -0.4 is 11.1 Å². The van der Waals surface area contributed by atoms with Crippen molar-refractivity contribution >= 4 is 33.6 Å². The van der Waals surface area contributed by atoms with E-state index in [0.29, 0.717) is 5.82 Å². The highest BCUT2D eigenvalue weighted by molar-refractivity contribution is 5.86. The molecule has 1 aliphatic carbocycles. The lowest BCUT2D eigenvalue weighted by atomic mass is 10.0. The lowest BCUT2D eigenvalue weighted by Crippen LogP contribution is -2.12. The maximum Gasteiger partial charge on any atom is 0.147 e. The van der Waals surface area contributed by atoms with Gasteiger partial charge in [-0.15, -0.1) is 0 Å². The van der Waals surface area contributed by atoms with E-state index in [-0.39, 0.29) is 12.3 Å². The lowest BCUT2D eigenvalue weighted by molar-refractivity contribution is 0.00120. The van der Waals surface area contributed by atoms with Gasteiger partial charge in [0.1, 0.15) is 29.8 Å². The van der Waals surface area contributed by atoms with Gasteiger partial charge in [-0.05, 0) is 74.3 Å². The van der Waals surface area contributed by atoms with Crippen LogP contribution in [-0.4, -0.2) is 32.2 Å². The number of rotatable bonds is 7. The van der Waals surface area contributed by atoms with E-state index in [1.54, 1.807) is 0 Å². The Labute approximate surface area is 187 Å². The second-order valence-electron chi connectivity index (χ2n) is 9.10. The molecule has 6 rings (SSSR count). The monoisotopic (exact) mass is 428 g/mol. The largest absolute Gasteiger partial charge is 0.383 e. The summed E-state index contributed by atoms with van der Waals surface area (Å²) in [6.07, 6.45) is 10.5. The number of fused-ring (bicyclic) bond motifs is 2. The van der Waals surface area contributed by atoms with E-state index < -0.39 is 0 Å². The molecular weight excluding hydrogens is 400 g/mol. The molecule has 32 heavy (non-hydrogen) atoms. The van der Waals surface area contributed by atoms with Gasteiger partial charge in [0.2, 0.25) is 0 Å². The molecule has 0 radical (unpaired) electrons. The van der Waals surface area contributed by atoms with Crippen molar-refractivity contribution in [3.63, 3.8) is 0 Å². The average Bonchev–Trinajstić information content (AvgIpc) is 3.34. The molecule has 3 aromatic heterocycles. The third-order valence-corrected chi connectivity index (χ3v) is 6.72. The Morgan fingerprint density at radius 3 is 2.88 bits per heavy atom. The number of nitrogens with zero attached hydrogens (tertiary/aromatic N) is 4. The normalized spacial score (nSPS) is 20.9. The molecule has 164 valence electrons. The predicted molar refractivity (Wildman–Crippen MR) is 126 cm³/mol. The summed E-state index contributed by atoms with van der Waals surface area (Å²) in [7, 11) is 0. The minimum atomic E-state index is 0.00479. The molecule has 0 bridgehead atoms. The Hall–Kier alpha value is -3.19. The number of benzene rings is 1. The molecule has 2 unspecified atom stereocenters. The second kappa shape index (κ2) is 8.06. The molecule has 0 amide bonds. The minimum absolute atomic E-state index is 0.00479. The van der Waals surface area contributed by atoms with Gasteiger partial charge in [-0.2, -0.15) is 0 Å². The third kappa shape index (κ3) is 3.88. The van der Waals surface area contributed by atoms with Crippen molar-refractivity contribution < 1.29 is 4.74 Å². The first-order valence-corrected chi connectivity index (χ1v) is 11.6. The Bertz CT molecular complexity index is 1260. The molecule has 7 heteroatoms. The third-order valence-electron chi connectivity index (χ3n) is 6.72. The van der Waals surface area contributed by atoms with Crippen molar-refractivity contribution in [2.45, 2.75) is 50.9 Å². The molecule has 1 saturated heterocycles. The van der Waals surface area contributed by atoms with Crippen LogP contribution in [0.4, 0.5) is 11.6 Å². The van der Waals surface area contributed by atoms with Crippen LogP contribution in [0.5, 0.6) is 0 Å². The molecule has 1 aromatic carbocycles. The summed E-state index contributed by atoms with van der Waals surface area (Å²) in [6.45, 7) is 1.04. The van der Waals surface area contributed by atoms with Gasteiger partial charge in [-0.25, -0.2) is 15.0 Å². The summed E-state index contributed by atoms with van der Waals surface area (Å²) in [5.41, 5.74) is 9.19. The van der Waals surface area contributed by atoms with E-state index in [1.165, 1.54) is 30.1 Å². The molecule has 3 N–H and O–H groups in total. The van der Waals surface area contributed by atoms with E-state index in [9.17, 15) is 0 Å². The van der Waals surface area contributed by atoms with Gasteiger partial charge in [0.25, 0.3) is 0 Å². The summed E-state index contributed by atoms with van der Waals surface area (Å²) in [5, 5.41) is 5.55. The van der Waals surface area contributed by atoms with Gasteiger partial charge in [-0.3, -0.25) is 0 Å². The lowest BCUT2D eigenvalue weighted by Gasteiger charge is -2.16. The van der Waals surface area contributed by atoms with Crippen LogP contribution >= 0.6 is 0 Å². The van der Waals surface area contributed by atoms with Gasteiger partial charge >= 0.3 is 0 Å². The topological polar surface area (TPSA) is 90.9 Å². The smallest absolute Gasteiger partial charge is 0.147 e. The molecule has 2 atom stereocenters. The Morgan fingerprint density at radius 2 is 1.97 bits per heavy atom. The van der Waals surface area contributed by atoms with Gasteiger partial charge in [-0.1, -0.05) is 12.1 Å². The van der Waals surface area contributed by atoms with Gasteiger partial charge in [0.05, 0.1) is 17.0 Å². The van der Waals surface area contributed by atoms with E-state index in [0.717, 1.165) is 60.5 Å². The van der Waals surface area contributed by atoms with Crippen LogP contribution in [-0.2, 0) is 11.2 Å². The van der Waals surface area contributed by atoms with E-state index >= 15 is 0 Å². The standard InChI is InChI=1S/C25H28N6O/c26-24-20-11-12-31(25(20)29-15-28-24)23-10-8-19(32-23)7-4-16-3-5-18-6-9-22(30-21(18)13-16)27-14-17-1-2-17/h3,5-6,9,11-13,15,17,19,23H,1-2,4,7-8,10,14H2,(H,27,30)(H2,26,28,29). The van der Waals surface area contributed by atoms with E-state index in [1.807, 2.05) is 12.3 Å². The van der Waals surface area contributed by atoms with Crippen LogP contribution in [0, 0.1) is 5.92 Å². The minimum Gasteiger partial charge on any atom is -0.383 e. The molecule has 4 aromatic rings. The Balaban J connectivity index is 1.10. The SMILES string of the molecule is Nc1ncnc2c1ccn2C1CCC(CCc2ccc3ccc(NCC4CC4)nc3c2)O1. The fraction of sp³-hybridized carbons (Fsp3) is 0.400. The highest BCUT2D eigenvalue weighted by Gasteiger charge is 2.27. The quantitative estimate of drug-likeness (QED) is 0.444. The van der Waals surface area contributed by atoms with Crippen LogP contribution in [0.2, 0.25) is 0 Å². The number of nitrogen functional groups attached to an aromatic ring is 1. The molecule has 1 aliphatic heterocycles. The fourth-order valence-electron chi connectivity index (χ4n) is 4.64. The number of aromatic nitrogens is 4. The molecule has 1 saturated carbocycles. The predicted octanol–water partition coefficient (Wildman–Crippen LogP) is 4.69. The fourth-order valence-corrected chi connectivity index (χ4v) is 4.64. The zero-order chi connectivity index (χ0) is 21.5. The number of hydrogen-bond acceptors (Lipinski definition) is 6. The van der Waals surface area contributed by atoms with Gasteiger partial charge < -0.3 is 20.4 Å². The molecule has 2 fully saturated rings. The molecule has 4 heterocycles. The number of hydrogen-bond donors (Lipinski definition) is 2. The number of anilines is 2. The van der Waals surface area contributed by atoms with Crippen molar-refractivity contribution in [3.05, 3.63) is 54.5 Å². The summed E-state index contributed by atoms with van der Waals surface area (Å²) in [5.74, 6) is 2.33. The van der Waals surface area contributed by atoms with Crippen LogP contribution in [0.3, 0.4) is 0 Å². The summed E-state index contributed by atoms with van der Waals surface area (Å²) in [4.78, 5) is 13.3. The first kappa shape index (κ1) is 19.5. The summed E-state index contributed by atoms with van der Waals surface area (Å²) >= 11 is 0. The van der Waals surface area contributed by atoms with Crippen molar-refractivity contribution in [2.24, 2.45) is 5.92 Å². The van der Waals surface area contributed by atoms with Crippen molar-refractivity contribution in [3.8, 4) is 0 Å². The first-order chi connectivity index (χ1) is 15.7. The summed E-state index contributed by atoms with van der Waals surface area (Å²) < 4.78 is 8.47. The zero-order valence-electron chi connectivity index (χ0n) is 18.1. The van der Waals surface area contributed by atoms with E-state index in [4.69, 9.17) is 15.5 Å². The van der Waals surface area contributed by atoms with Crippen LogP contribution in [0.15, 0.2) is 48.9 Å². The van der Waals surface area contributed by atoms with Crippen LogP contribution in [0.1, 0.15) is 43.9 Å². The maximum atomic E-state index is 6.38. The highest BCUT2D eigenvalue weighted by atomic mass is 16.5. The Kier molecular flexibility index (Phi) is 4.91. The van der Waals surface area contributed by atoms with E-state index in [2.05, 4.69) is 50.2 Å². The number of pyridine rings is 1. The number of nitrogens with two attached hydrogens (primary N) is 1. The highest BCUT2D eigenvalue weighted by Crippen LogP contribution is 2.34. The number of nitrogens with one attached hydrogen (secondary N) is 1. The Morgan fingerprint density at radius 1 is 1.06 bits per heavy atom. The molecule has 2 aliphatic rings. The van der Waals surface area contributed by atoms with Crippen molar-refractivity contribution in [1.82, 2.24) is 19.5 Å². The van der Waals surface area contributed by atoms with Crippen molar-refractivity contribution in [2.75, 3.05) is 17.6 Å². The molecular formula is C25H28N6O.